The summed E-state index contributed by atoms with van der Waals surface area (Å²) in [4.78, 5) is 15.5. The van der Waals surface area contributed by atoms with Gasteiger partial charge in [-0.25, -0.2) is 4.68 Å². The number of hydrogen-bond donors (Lipinski definition) is 1. The predicted molar refractivity (Wildman–Crippen MR) is 140 cm³/mol. The number of aromatic nitrogens is 3. The molecule has 0 radical (unpaired) electrons. The minimum atomic E-state index is 0.0438. The van der Waals surface area contributed by atoms with Crippen molar-refractivity contribution in [3.63, 3.8) is 0 Å². The molecular weight excluding hydrogens is 434 g/mol. The van der Waals surface area contributed by atoms with Crippen LogP contribution < -0.4 is 5.32 Å². The molecule has 0 aliphatic carbocycles. The zero-order chi connectivity index (χ0) is 24.4. The minimum Gasteiger partial charge on any atom is -0.325 e. The Morgan fingerprint density at radius 1 is 0.971 bits per heavy atom. The first-order valence-corrected chi connectivity index (χ1v) is 12.4. The third-order valence-electron chi connectivity index (χ3n) is 6.94. The van der Waals surface area contributed by atoms with Crippen LogP contribution in [0.25, 0.3) is 11.5 Å². The average Bonchev–Trinajstić information content (AvgIpc) is 3.52. The first kappa shape index (κ1) is 23.1. The van der Waals surface area contributed by atoms with E-state index in [4.69, 9.17) is 5.10 Å². The Morgan fingerprint density at radius 3 is 2.29 bits per heavy atom. The number of carbonyl (C=O) groups excluding carboxylic acids is 1. The van der Waals surface area contributed by atoms with Crippen LogP contribution in [0.4, 0.5) is 5.69 Å². The standard InChI is InChI=1S/C29H33N5O/c1-21-17-22(2)27(23(3)18-21)31-28(35)24-11-15-32(16-12-24)20-25-19-30-34(26-9-5-4-6-10-26)29(25)33-13-7-8-14-33/h4-10,13-14,17-19,24H,11-12,15-16,20H2,1-3H3,(H,31,35). The van der Waals surface area contributed by atoms with E-state index in [9.17, 15) is 4.79 Å². The van der Waals surface area contributed by atoms with Crippen molar-refractivity contribution in [1.82, 2.24) is 19.2 Å². The second-order valence-electron chi connectivity index (χ2n) is 9.64. The van der Waals surface area contributed by atoms with Crippen molar-refractivity contribution in [2.45, 2.75) is 40.2 Å². The maximum absolute atomic E-state index is 13.0. The van der Waals surface area contributed by atoms with Gasteiger partial charge in [0.25, 0.3) is 0 Å². The lowest BCUT2D eigenvalue weighted by atomic mass is 9.95. The largest absolute Gasteiger partial charge is 0.325 e. The van der Waals surface area contributed by atoms with E-state index in [0.717, 1.165) is 60.8 Å². The molecule has 0 saturated carbocycles. The van der Waals surface area contributed by atoms with Crippen molar-refractivity contribution in [2.24, 2.45) is 5.92 Å². The fourth-order valence-electron chi connectivity index (χ4n) is 5.19. The molecule has 1 aliphatic rings. The second-order valence-corrected chi connectivity index (χ2v) is 9.64. The van der Waals surface area contributed by atoms with Gasteiger partial charge in [0.2, 0.25) is 5.91 Å². The molecule has 1 N–H and O–H groups in total. The summed E-state index contributed by atoms with van der Waals surface area (Å²) < 4.78 is 4.13. The molecule has 0 spiro atoms. The summed E-state index contributed by atoms with van der Waals surface area (Å²) in [6.07, 6.45) is 7.82. The molecule has 3 heterocycles. The molecule has 4 aromatic rings. The number of aryl methyl sites for hydroxylation is 3. The number of nitrogens with zero attached hydrogens (tertiary/aromatic N) is 4. The number of nitrogens with one attached hydrogen (secondary N) is 1. The third kappa shape index (κ3) is 4.93. The predicted octanol–water partition coefficient (Wildman–Crippen LogP) is 5.44. The molecule has 0 bridgehead atoms. The van der Waals surface area contributed by atoms with Crippen molar-refractivity contribution in [3.05, 3.63) is 95.4 Å². The van der Waals surface area contributed by atoms with Crippen molar-refractivity contribution < 1.29 is 4.79 Å². The number of hydrogen-bond acceptors (Lipinski definition) is 3. The van der Waals surface area contributed by atoms with Crippen LogP contribution in [0.15, 0.2) is 73.2 Å². The number of carbonyl (C=O) groups is 1. The maximum atomic E-state index is 13.0. The van der Waals surface area contributed by atoms with Crippen LogP contribution >= 0.6 is 0 Å². The van der Waals surface area contributed by atoms with E-state index in [2.05, 4.69) is 72.2 Å². The number of benzene rings is 2. The molecule has 2 aromatic carbocycles. The Balaban J connectivity index is 1.27. The summed E-state index contributed by atoms with van der Waals surface area (Å²) in [5, 5.41) is 7.94. The van der Waals surface area contributed by atoms with Gasteiger partial charge in [0.05, 0.1) is 11.9 Å². The molecular formula is C29H33N5O. The second kappa shape index (κ2) is 9.92. The lowest BCUT2D eigenvalue weighted by Crippen LogP contribution is -2.38. The number of likely N-dealkylation sites (tertiary alicyclic amines) is 1. The molecule has 35 heavy (non-hydrogen) atoms. The Hall–Kier alpha value is -3.64. The van der Waals surface area contributed by atoms with E-state index in [1.165, 1.54) is 11.1 Å². The molecule has 1 amide bonds. The van der Waals surface area contributed by atoms with Crippen LogP contribution in [0.2, 0.25) is 0 Å². The van der Waals surface area contributed by atoms with E-state index < -0.39 is 0 Å². The van der Waals surface area contributed by atoms with Crippen molar-refractivity contribution in [2.75, 3.05) is 18.4 Å². The number of amides is 1. The molecule has 5 rings (SSSR count). The molecule has 1 fully saturated rings. The summed E-state index contributed by atoms with van der Waals surface area (Å²) in [6.45, 7) is 8.82. The lowest BCUT2D eigenvalue weighted by Gasteiger charge is -2.31. The lowest BCUT2D eigenvalue weighted by molar-refractivity contribution is -0.121. The van der Waals surface area contributed by atoms with Gasteiger partial charge in [-0.2, -0.15) is 5.10 Å². The Labute approximate surface area is 207 Å². The van der Waals surface area contributed by atoms with Gasteiger partial charge < -0.3 is 9.88 Å². The number of para-hydroxylation sites is 1. The van der Waals surface area contributed by atoms with Gasteiger partial charge in [0.15, 0.2) is 0 Å². The van der Waals surface area contributed by atoms with E-state index in [1.807, 2.05) is 41.2 Å². The van der Waals surface area contributed by atoms with Crippen LogP contribution in [0, 0.1) is 26.7 Å². The minimum absolute atomic E-state index is 0.0438. The van der Waals surface area contributed by atoms with Crippen molar-refractivity contribution >= 4 is 11.6 Å². The summed E-state index contributed by atoms with van der Waals surface area (Å²) in [6, 6.07) is 18.6. The van der Waals surface area contributed by atoms with Gasteiger partial charge in [-0.3, -0.25) is 9.69 Å². The molecule has 6 heteroatoms. The van der Waals surface area contributed by atoms with Crippen LogP contribution in [-0.2, 0) is 11.3 Å². The highest BCUT2D eigenvalue weighted by molar-refractivity contribution is 5.94. The summed E-state index contributed by atoms with van der Waals surface area (Å²) >= 11 is 0. The van der Waals surface area contributed by atoms with Gasteiger partial charge in [-0.05, 0) is 82.1 Å². The molecule has 1 saturated heterocycles. The van der Waals surface area contributed by atoms with Gasteiger partial charge >= 0.3 is 0 Å². The quantitative estimate of drug-likeness (QED) is 0.411. The molecule has 180 valence electrons. The van der Waals surface area contributed by atoms with Crippen LogP contribution in [-0.4, -0.2) is 38.2 Å². The fourth-order valence-corrected chi connectivity index (χ4v) is 5.19. The normalized spacial score (nSPS) is 14.8. The first-order chi connectivity index (χ1) is 17.0. The van der Waals surface area contributed by atoms with Gasteiger partial charge in [0.1, 0.15) is 5.82 Å². The number of piperidine rings is 1. The van der Waals surface area contributed by atoms with Crippen LogP contribution in [0.3, 0.4) is 0 Å². The third-order valence-corrected chi connectivity index (χ3v) is 6.94. The van der Waals surface area contributed by atoms with E-state index in [-0.39, 0.29) is 11.8 Å². The van der Waals surface area contributed by atoms with E-state index >= 15 is 0 Å². The van der Waals surface area contributed by atoms with Crippen LogP contribution in [0.5, 0.6) is 0 Å². The summed E-state index contributed by atoms with van der Waals surface area (Å²) in [5.41, 5.74) is 6.66. The molecule has 0 atom stereocenters. The summed E-state index contributed by atoms with van der Waals surface area (Å²) in [7, 11) is 0. The molecule has 6 nitrogen and oxygen atoms in total. The zero-order valence-corrected chi connectivity index (χ0v) is 20.7. The zero-order valence-electron chi connectivity index (χ0n) is 20.7. The highest BCUT2D eigenvalue weighted by atomic mass is 16.1. The fraction of sp³-hybridized carbons (Fsp3) is 0.310. The first-order valence-electron chi connectivity index (χ1n) is 12.4. The highest BCUT2D eigenvalue weighted by Crippen LogP contribution is 2.27. The number of rotatable bonds is 6. The SMILES string of the molecule is Cc1cc(C)c(NC(=O)C2CCN(Cc3cnn(-c4ccccc4)c3-n3cccc3)CC2)c(C)c1. The van der Waals surface area contributed by atoms with Crippen molar-refractivity contribution in [1.29, 1.82) is 0 Å². The topological polar surface area (TPSA) is 55.1 Å². The summed E-state index contributed by atoms with van der Waals surface area (Å²) in [5.74, 6) is 1.25. The van der Waals surface area contributed by atoms with Crippen LogP contribution in [0.1, 0.15) is 35.1 Å². The van der Waals surface area contributed by atoms with Gasteiger partial charge in [-0.1, -0.05) is 35.9 Å². The molecule has 1 aliphatic heterocycles. The smallest absolute Gasteiger partial charge is 0.227 e. The molecule has 2 aromatic heterocycles. The Bertz CT molecular complexity index is 1280. The van der Waals surface area contributed by atoms with E-state index in [1.54, 1.807) is 0 Å². The highest BCUT2D eigenvalue weighted by Gasteiger charge is 2.27. The van der Waals surface area contributed by atoms with Gasteiger partial charge in [-0.15, -0.1) is 0 Å². The Morgan fingerprint density at radius 2 is 1.63 bits per heavy atom. The maximum Gasteiger partial charge on any atom is 0.227 e. The number of anilines is 1. The van der Waals surface area contributed by atoms with Gasteiger partial charge in [0, 0.05) is 36.1 Å². The van der Waals surface area contributed by atoms with Crippen molar-refractivity contribution in [3.8, 4) is 11.5 Å². The Kier molecular flexibility index (Phi) is 6.55. The monoisotopic (exact) mass is 467 g/mol. The molecule has 0 unspecified atom stereocenters. The van der Waals surface area contributed by atoms with E-state index in [0.29, 0.717) is 0 Å². The average molecular weight is 468 g/mol.